The number of aryl methyl sites for hydroxylation is 1. The number of benzene rings is 1. The van der Waals surface area contributed by atoms with E-state index in [0.717, 1.165) is 17.5 Å². The molecule has 0 heterocycles. The van der Waals surface area contributed by atoms with Crippen molar-refractivity contribution in [2.45, 2.75) is 38.1 Å². The van der Waals surface area contributed by atoms with Crippen molar-refractivity contribution in [3.8, 4) is 0 Å². The normalized spacial score (nSPS) is 11.4. The van der Waals surface area contributed by atoms with E-state index in [1.54, 1.807) is 12.1 Å². The number of carbonyl (C=O) groups excluding carboxylic acids is 1. The van der Waals surface area contributed by atoms with Gasteiger partial charge in [-0.1, -0.05) is 13.0 Å². The van der Waals surface area contributed by atoms with Crippen LogP contribution in [0.1, 0.15) is 30.9 Å². The standard InChI is InChI=1S/C14H23N3O3S/c1-3-7-16-14(18)6-8-17-21(19,20)13-5-4-12(10-15)11(2)9-13/h4-5,9,17H,3,6-8,10,15H2,1-2H3,(H,16,18). The van der Waals surface area contributed by atoms with E-state index in [2.05, 4.69) is 10.0 Å². The summed E-state index contributed by atoms with van der Waals surface area (Å²) in [5.41, 5.74) is 7.30. The van der Waals surface area contributed by atoms with E-state index in [-0.39, 0.29) is 23.8 Å². The van der Waals surface area contributed by atoms with E-state index in [1.807, 2.05) is 13.8 Å². The van der Waals surface area contributed by atoms with Crippen molar-refractivity contribution >= 4 is 15.9 Å². The summed E-state index contributed by atoms with van der Waals surface area (Å²) in [5.74, 6) is -0.158. The smallest absolute Gasteiger partial charge is 0.240 e. The first kappa shape index (κ1) is 17.6. The van der Waals surface area contributed by atoms with E-state index in [1.165, 1.54) is 6.07 Å². The fraction of sp³-hybridized carbons (Fsp3) is 0.500. The van der Waals surface area contributed by atoms with Crippen LogP contribution in [0.5, 0.6) is 0 Å². The first-order chi connectivity index (χ1) is 9.90. The molecule has 1 aromatic carbocycles. The minimum atomic E-state index is -3.59. The average Bonchev–Trinajstić information content (AvgIpc) is 2.44. The lowest BCUT2D eigenvalue weighted by Gasteiger charge is -2.09. The maximum atomic E-state index is 12.1. The lowest BCUT2D eigenvalue weighted by atomic mass is 10.1. The first-order valence-electron chi connectivity index (χ1n) is 6.96. The lowest BCUT2D eigenvalue weighted by Crippen LogP contribution is -2.31. The van der Waals surface area contributed by atoms with E-state index in [0.29, 0.717) is 13.1 Å². The van der Waals surface area contributed by atoms with Gasteiger partial charge in [0.1, 0.15) is 0 Å². The van der Waals surface area contributed by atoms with Crippen molar-refractivity contribution in [2.75, 3.05) is 13.1 Å². The van der Waals surface area contributed by atoms with Crippen molar-refractivity contribution in [1.82, 2.24) is 10.0 Å². The van der Waals surface area contributed by atoms with Crippen molar-refractivity contribution in [1.29, 1.82) is 0 Å². The quantitative estimate of drug-likeness (QED) is 0.656. The third-order valence-electron chi connectivity index (χ3n) is 3.06. The molecule has 7 heteroatoms. The molecule has 0 spiro atoms. The molecular weight excluding hydrogens is 290 g/mol. The third-order valence-corrected chi connectivity index (χ3v) is 4.52. The molecule has 0 unspecified atom stereocenters. The lowest BCUT2D eigenvalue weighted by molar-refractivity contribution is -0.120. The van der Waals surface area contributed by atoms with Gasteiger partial charge in [0, 0.05) is 26.1 Å². The molecule has 0 saturated heterocycles. The topological polar surface area (TPSA) is 101 Å². The van der Waals surface area contributed by atoms with Crippen molar-refractivity contribution < 1.29 is 13.2 Å². The Labute approximate surface area is 126 Å². The second-order valence-electron chi connectivity index (χ2n) is 4.79. The van der Waals surface area contributed by atoms with Gasteiger partial charge >= 0.3 is 0 Å². The number of hydrogen-bond donors (Lipinski definition) is 3. The number of nitrogens with two attached hydrogens (primary N) is 1. The van der Waals surface area contributed by atoms with Gasteiger partial charge < -0.3 is 11.1 Å². The molecule has 0 saturated carbocycles. The Morgan fingerprint density at radius 1 is 1.29 bits per heavy atom. The molecule has 1 rings (SSSR count). The predicted molar refractivity (Wildman–Crippen MR) is 82.2 cm³/mol. The summed E-state index contributed by atoms with van der Waals surface area (Å²) in [4.78, 5) is 11.6. The van der Waals surface area contributed by atoms with Crippen LogP contribution in [0, 0.1) is 6.92 Å². The zero-order chi connectivity index (χ0) is 15.9. The largest absolute Gasteiger partial charge is 0.356 e. The summed E-state index contributed by atoms with van der Waals surface area (Å²) in [7, 11) is -3.59. The Balaban J connectivity index is 2.61. The fourth-order valence-electron chi connectivity index (χ4n) is 1.80. The van der Waals surface area contributed by atoms with E-state index in [9.17, 15) is 13.2 Å². The van der Waals surface area contributed by atoms with Crippen LogP contribution in [-0.4, -0.2) is 27.4 Å². The second kappa shape index (κ2) is 8.11. The summed E-state index contributed by atoms with van der Waals surface area (Å²) in [6.07, 6.45) is 0.976. The van der Waals surface area contributed by atoms with Gasteiger partial charge in [-0.3, -0.25) is 4.79 Å². The predicted octanol–water partition coefficient (Wildman–Crippen LogP) is 0.648. The second-order valence-corrected chi connectivity index (χ2v) is 6.56. The van der Waals surface area contributed by atoms with Gasteiger partial charge in [-0.25, -0.2) is 13.1 Å². The van der Waals surface area contributed by atoms with Crippen LogP contribution in [0.15, 0.2) is 23.1 Å². The molecule has 21 heavy (non-hydrogen) atoms. The van der Waals surface area contributed by atoms with Crippen LogP contribution in [0.4, 0.5) is 0 Å². The van der Waals surface area contributed by atoms with E-state index >= 15 is 0 Å². The third kappa shape index (κ3) is 5.45. The molecular formula is C14H23N3O3S. The van der Waals surface area contributed by atoms with Gasteiger partial charge in [0.2, 0.25) is 15.9 Å². The van der Waals surface area contributed by atoms with Gasteiger partial charge in [-0.15, -0.1) is 0 Å². The van der Waals surface area contributed by atoms with E-state index in [4.69, 9.17) is 5.73 Å². The van der Waals surface area contributed by atoms with E-state index < -0.39 is 10.0 Å². The van der Waals surface area contributed by atoms with Gasteiger partial charge in [0.05, 0.1) is 4.90 Å². The molecule has 1 amide bonds. The van der Waals surface area contributed by atoms with Crippen molar-refractivity contribution in [3.05, 3.63) is 29.3 Å². The number of nitrogens with one attached hydrogen (secondary N) is 2. The molecule has 0 aliphatic carbocycles. The Morgan fingerprint density at radius 3 is 2.57 bits per heavy atom. The minimum Gasteiger partial charge on any atom is -0.356 e. The highest BCUT2D eigenvalue weighted by molar-refractivity contribution is 7.89. The van der Waals surface area contributed by atoms with Crippen LogP contribution in [-0.2, 0) is 21.4 Å². The molecule has 0 radical (unpaired) electrons. The van der Waals surface area contributed by atoms with Crippen LogP contribution in [0.3, 0.4) is 0 Å². The number of carbonyl (C=O) groups is 1. The molecule has 0 bridgehead atoms. The Bertz CT molecular complexity index is 585. The number of amides is 1. The maximum absolute atomic E-state index is 12.1. The molecule has 4 N–H and O–H groups in total. The summed E-state index contributed by atoms with van der Waals surface area (Å²) in [5, 5.41) is 2.69. The monoisotopic (exact) mass is 313 g/mol. The Morgan fingerprint density at radius 2 is 2.00 bits per heavy atom. The highest BCUT2D eigenvalue weighted by atomic mass is 32.2. The summed E-state index contributed by atoms with van der Waals surface area (Å²) in [6, 6.07) is 4.81. The molecule has 0 atom stereocenters. The molecule has 0 aliphatic rings. The van der Waals surface area contributed by atoms with Crippen molar-refractivity contribution in [3.63, 3.8) is 0 Å². The number of rotatable bonds is 8. The number of hydrogen-bond acceptors (Lipinski definition) is 4. The molecule has 0 fully saturated rings. The van der Waals surface area contributed by atoms with Gasteiger partial charge in [0.15, 0.2) is 0 Å². The zero-order valence-electron chi connectivity index (χ0n) is 12.5. The minimum absolute atomic E-state index is 0.0789. The van der Waals surface area contributed by atoms with Crippen LogP contribution < -0.4 is 15.8 Å². The Hall–Kier alpha value is -1.44. The van der Waals surface area contributed by atoms with Gasteiger partial charge in [-0.2, -0.15) is 0 Å². The summed E-state index contributed by atoms with van der Waals surface area (Å²) in [6.45, 7) is 4.83. The average molecular weight is 313 g/mol. The van der Waals surface area contributed by atoms with Crippen LogP contribution in [0.2, 0.25) is 0 Å². The highest BCUT2D eigenvalue weighted by Gasteiger charge is 2.15. The molecule has 1 aromatic rings. The van der Waals surface area contributed by atoms with Crippen LogP contribution in [0.25, 0.3) is 0 Å². The van der Waals surface area contributed by atoms with Gasteiger partial charge in [0.25, 0.3) is 0 Å². The van der Waals surface area contributed by atoms with Crippen molar-refractivity contribution in [2.24, 2.45) is 5.73 Å². The molecule has 6 nitrogen and oxygen atoms in total. The van der Waals surface area contributed by atoms with Crippen LogP contribution >= 0.6 is 0 Å². The molecule has 0 aromatic heterocycles. The highest BCUT2D eigenvalue weighted by Crippen LogP contribution is 2.14. The summed E-state index contributed by atoms with van der Waals surface area (Å²) >= 11 is 0. The summed E-state index contributed by atoms with van der Waals surface area (Å²) < 4.78 is 26.6. The Kier molecular flexibility index (Phi) is 6.80. The maximum Gasteiger partial charge on any atom is 0.240 e. The van der Waals surface area contributed by atoms with Gasteiger partial charge in [-0.05, 0) is 36.6 Å². The fourth-order valence-corrected chi connectivity index (χ4v) is 2.92. The zero-order valence-corrected chi connectivity index (χ0v) is 13.3. The number of sulfonamides is 1. The first-order valence-corrected chi connectivity index (χ1v) is 8.45. The molecule has 118 valence electrons. The molecule has 0 aliphatic heterocycles. The SMILES string of the molecule is CCCNC(=O)CCNS(=O)(=O)c1ccc(CN)c(C)c1.